The van der Waals surface area contributed by atoms with Crippen LogP contribution in [0.4, 0.5) is 30.7 Å². The van der Waals surface area contributed by atoms with Gasteiger partial charge < -0.3 is 9.84 Å². The summed E-state index contributed by atoms with van der Waals surface area (Å²) < 4.78 is 99.2. The van der Waals surface area contributed by atoms with Crippen LogP contribution in [-0.2, 0) is 19.0 Å². The molecule has 0 saturated carbocycles. The second-order valence-electron chi connectivity index (χ2n) is 8.36. The summed E-state index contributed by atoms with van der Waals surface area (Å²) in [5.41, 5.74) is -2.08. The maximum absolute atomic E-state index is 13.5. The highest BCUT2D eigenvalue weighted by molar-refractivity contribution is 5.96. The van der Waals surface area contributed by atoms with Gasteiger partial charge >= 0.3 is 18.3 Å². The molecule has 2 aromatic carbocycles. The van der Waals surface area contributed by atoms with Gasteiger partial charge in [-0.1, -0.05) is 12.1 Å². The van der Waals surface area contributed by atoms with E-state index < -0.39 is 41.0 Å². The topological polar surface area (TPSA) is 59.4 Å². The van der Waals surface area contributed by atoms with Gasteiger partial charge in [0.25, 0.3) is 0 Å². The van der Waals surface area contributed by atoms with E-state index in [0.29, 0.717) is 23.1 Å². The van der Waals surface area contributed by atoms with Crippen molar-refractivity contribution in [1.82, 2.24) is 4.98 Å². The summed E-state index contributed by atoms with van der Waals surface area (Å²) in [6, 6.07) is 9.07. The van der Waals surface area contributed by atoms with Crippen LogP contribution in [0.1, 0.15) is 57.6 Å². The molecule has 1 aliphatic rings. The number of benzene rings is 2. The molecule has 0 amide bonds. The second-order valence-corrected chi connectivity index (χ2v) is 8.36. The number of ether oxygens (including phenoxy) is 1. The highest BCUT2D eigenvalue weighted by Crippen LogP contribution is 2.45. The molecule has 11 heteroatoms. The number of pyridine rings is 1. The number of hydrogen-bond acceptors (Lipinski definition) is 3. The van der Waals surface area contributed by atoms with Crippen LogP contribution in [0, 0.1) is 5.82 Å². The summed E-state index contributed by atoms with van der Waals surface area (Å²) in [4.78, 5) is 14.8. The van der Waals surface area contributed by atoms with Crippen LogP contribution in [0.15, 0.2) is 54.7 Å². The Balaban J connectivity index is 1.81. The first-order chi connectivity index (χ1) is 17.3. The summed E-state index contributed by atoms with van der Waals surface area (Å²) in [6.45, 7) is -0.0771. The minimum absolute atomic E-state index is 0.0693. The van der Waals surface area contributed by atoms with Gasteiger partial charge in [-0.2, -0.15) is 26.3 Å². The molecule has 3 aromatic rings. The monoisotopic (exact) mass is 525 g/mol. The van der Waals surface area contributed by atoms with Gasteiger partial charge in [0.15, 0.2) is 5.69 Å². The van der Waals surface area contributed by atoms with Crippen molar-refractivity contribution in [1.29, 1.82) is 0 Å². The molecule has 1 heterocycles. The van der Waals surface area contributed by atoms with Gasteiger partial charge in [0.1, 0.15) is 18.2 Å². The molecule has 0 saturated heterocycles. The van der Waals surface area contributed by atoms with E-state index in [0.717, 1.165) is 30.5 Å². The molecule has 0 bridgehead atoms. The normalized spacial score (nSPS) is 14.2. The van der Waals surface area contributed by atoms with E-state index in [4.69, 9.17) is 4.74 Å². The first-order valence-electron chi connectivity index (χ1n) is 11.0. The number of allylic oxidation sites excluding steroid dienone is 2. The fourth-order valence-electron chi connectivity index (χ4n) is 4.19. The van der Waals surface area contributed by atoms with E-state index in [2.05, 4.69) is 4.98 Å². The molecular weight excluding hydrogens is 507 g/mol. The SMILES string of the molecule is O=C(O)c1cc(C2=C(c3cc(C(F)(F)F)ccc3OCc3ccc(F)cc3)CCC2)cnc1C(F)(F)F. The van der Waals surface area contributed by atoms with Crippen LogP contribution >= 0.6 is 0 Å². The fraction of sp³-hybridized carbons (Fsp3) is 0.231. The van der Waals surface area contributed by atoms with Gasteiger partial charge in [-0.15, -0.1) is 0 Å². The van der Waals surface area contributed by atoms with E-state index in [1.54, 1.807) is 0 Å². The molecule has 1 N–H and O–H groups in total. The molecule has 4 nitrogen and oxygen atoms in total. The largest absolute Gasteiger partial charge is 0.488 e. The van der Waals surface area contributed by atoms with Crippen molar-refractivity contribution in [2.75, 3.05) is 0 Å². The lowest BCUT2D eigenvalue weighted by atomic mass is 9.94. The van der Waals surface area contributed by atoms with Gasteiger partial charge in [0.05, 0.1) is 11.1 Å². The molecule has 1 aliphatic carbocycles. The minimum Gasteiger partial charge on any atom is -0.488 e. The van der Waals surface area contributed by atoms with E-state index >= 15 is 0 Å². The highest BCUT2D eigenvalue weighted by atomic mass is 19.4. The van der Waals surface area contributed by atoms with Crippen LogP contribution in [0.2, 0.25) is 0 Å². The van der Waals surface area contributed by atoms with Crippen LogP contribution in [0.25, 0.3) is 11.1 Å². The molecule has 0 aliphatic heterocycles. The zero-order chi connectivity index (χ0) is 27.0. The first-order valence-corrected chi connectivity index (χ1v) is 11.0. The number of halogens is 7. The lowest BCUT2D eigenvalue weighted by molar-refractivity contribution is -0.141. The Hall–Kier alpha value is -3.89. The second kappa shape index (κ2) is 9.87. The summed E-state index contributed by atoms with van der Waals surface area (Å²) in [6.07, 6.45) is -7.75. The van der Waals surface area contributed by atoms with Gasteiger partial charge in [-0.3, -0.25) is 4.98 Å². The van der Waals surface area contributed by atoms with Crippen LogP contribution in [0.3, 0.4) is 0 Å². The van der Waals surface area contributed by atoms with Gasteiger partial charge in [-0.25, -0.2) is 9.18 Å². The van der Waals surface area contributed by atoms with Crippen molar-refractivity contribution < 1.29 is 45.4 Å². The quantitative estimate of drug-likeness (QED) is 0.336. The third-order valence-electron chi connectivity index (χ3n) is 5.89. The summed E-state index contributed by atoms with van der Waals surface area (Å²) in [5.74, 6) is -2.21. The number of aromatic carboxylic acids is 1. The zero-order valence-electron chi connectivity index (χ0n) is 18.9. The first kappa shape index (κ1) is 26.2. The van der Waals surface area contributed by atoms with Gasteiger partial charge in [0, 0.05) is 11.8 Å². The lowest BCUT2D eigenvalue weighted by Gasteiger charge is -2.18. The number of aromatic nitrogens is 1. The maximum atomic E-state index is 13.5. The van der Waals surface area contributed by atoms with Crippen LogP contribution in [-0.4, -0.2) is 16.1 Å². The average molecular weight is 525 g/mol. The standard InChI is InChI=1S/C26H18F7NO3/c27-17-7-4-14(5-8-17)13-37-22-9-6-16(25(28,29)30)11-20(22)19-3-1-2-18(19)15-10-21(24(35)36)23(34-12-15)26(31,32)33/h4-12H,1-3,13H2,(H,35,36). The molecule has 1 aromatic heterocycles. The summed E-state index contributed by atoms with van der Waals surface area (Å²) in [5, 5.41) is 9.32. The van der Waals surface area contributed by atoms with Crippen molar-refractivity contribution >= 4 is 17.1 Å². The van der Waals surface area contributed by atoms with Crippen molar-refractivity contribution in [3.8, 4) is 5.75 Å². The van der Waals surface area contributed by atoms with Gasteiger partial charge in [0.2, 0.25) is 0 Å². The number of hydrogen-bond donors (Lipinski definition) is 1. The highest BCUT2D eigenvalue weighted by Gasteiger charge is 2.38. The third kappa shape index (κ3) is 5.76. The zero-order valence-corrected chi connectivity index (χ0v) is 18.9. The molecule has 4 rings (SSSR count). The third-order valence-corrected chi connectivity index (χ3v) is 5.89. The molecular formula is C26H18F7NO3. The van der Waals surface area contributed by atoms with Crippen molar-refractivity contribution in [3.63, 3.8) is 0 Å². The number of carboxylic acid groups (broad SMARTS) is 1. The number of carboxylic acids is 1. The van der Waals surface area contributed by atoms with Crippen molar-refractivity contribution in [2.24, 2.45) is 0 Å². The summed E-state index contributed by atoms with van der Waals surface area (Å²) in [7, 11) is 0. The van der Waals surface area contributed by atoms with Crippen molar-refractivity contribution in [3.05, 3.63) is 94.1 Å². The van der Waals surface area contributed by atoms with E-state index in [1.807, 2.05) is 0 Å². The van der Waals surface area contributed by atoms with Crippen molar-refractivity contribution in [2.45, 2.75) is 38.2 Å². The van der Waals surface area contributed by atoms with E-state index in [1.165, 1.54) is 24.3 Å². The maximum Gasteiger partial charge on any atom is 0.434 e. The predicted octanol–water partition coefficient (Wildman–Crippen LogP) is 7.63. The number of rotatable bonds is 6. The lowest BCUT2D eigenvalue weighted by Crippen LogP contribution is -2.15. The molecule has 37 heavy (non-hydrogen) atoms. The molecule has 0 radical (unpaired) electrons. The Kier molecular flexibility index (Phi) is 6.98. The number of carbonyl (C=O) groups is 1. The van der Waals surface area contributed by atoms with Gasteiger partial charge in [-0.05, 0) is 77.9 Å². The fourth-order valence-corrected chi connectivity index (χ4v) is 4.19. The molecule has 0 fully saturated rings. The predicted molar refractivity (Wildman–Crippen MR) is 119 cm³/mol. The smallest absolute Gasteiger partial charge is 0.434 e. The Morgan fingerprint density at radius 3 is 2.22 bits per heavy atom. The van der Waals surface area contributed by atoms with Crippen LogP contribution < -0.4 is 4.74 Å². The van der Waals surface area contributed by atoms with E-state index in [9.17, 15) is 40.6 Å². The Morgan fingerprint density at radius 1 is 0.919 bits per heavy atom. The number of alkyl halides is 6. The average Bonchev–Trinajstić information content (AvgIpc) is 3.32. The minimum atomic E-state index is -5.00. The Morgan fingerprint density at radius 2 is 1.59 bits per heavy atom. The summed E-state index contributed by atoms with van der Waals surface area (Å²) >= 11 is 0. The van der Waals surface area contributed by atoms with Crippen LogP contribution in [0.5, 0.6) is 5.75 Å². The van der Waals surface area contributed by atoms with E-state index in [-0.39, 0.29) is 36.3 Å². The molecule has 194 valence electrons. The molecule has 0 unspecified atom stereocenters. The number of nitrogens with zero attached hydrogens (tertiary/aromatic N) is 1. The molecule has 0 spiro atoms. The molecule has 0 atom stereocenters. The Bertz CT molecular complexity index is 1360. The Labute approximate surface area is 206 Å².